The molecule has 73 heavy (non-hydrogen) atoms. The molecule has 0 saturated heterocycles. The van der Waals surface area contributed by atoms with Gasteiger partial charge in [-0.2, -0.15) is 35.0 Å². The van der Waals surface area contributed by atoms with Crippen molar-refractivity contribution in [3.05, 3.63) is 237 Å². The summed E-state index contributed by atoms with van der Waals surface area (Å²) in [6.07, 6.45) is 7.08. The van der Waals surface area contributed by atoms with Gasteiger partial charge in [-0.05, 0) is 53.2 Å². The molecule has 0 aliphatic rings. The Kier molecular flexibility index (Phi) is 11.8. The van der Waals surface area contributed by atoms with Crippen molar-refractivity contribution in [2.75, 3.05) is 0 Å². The quantitative estimate of drug-likeness (QED) is 0.134. The number of hydrogen-bond donors (Lipinski definition) is 0. The van der Waals surface area contributed by atoms with Crippen LogP contribution < -0.4 is 9.47 Å². The average Bonchev–Trinajstić information content (AvgIpc) is 4.06. The normalized spacial score (nSPS) is 11.3. The molecule has 11 heteroatoms. The molecule has 0 aliphatic carbocycles. The molecule has 0 amide bonds. The third-order valence-corrected chi connectivity index (χ3v) is 13.0. The Morgan fingerprint density at radius 1 is 0.329 bits per heavy atom. The van der Waals surface area contributed by atoms with Crippen molar-refractivity contribution >= 4 is 65.4 Å². The molecule has 0 radical (unpaired) electrons. The monoisotopic (exact) mass is 1300 g/mol. The molecule has 14 rings (SSSR count). The van der Waals surface area contributed by atoms with Crippen molar-refractivity contribution in [3.63, 3.8) is 0 Å². The molecule has 6 aromatic heterocycles. The van der Waals surface area contributed by atoms with Gasteiger partial charge in [0.1, 0.15) is 11.6 Å². The van der Waals surface area contributed by atoms with Gasteiger partial charge in [-0.1, -0.05) is 154 Å². The second kappa shape index (κ2) is 18.9. The second-order valence-electron chi connectivity index (χ2n) is 17.1. The van der Waals surface area contributed by atoms with Crippen molar-refractivity contribution in [2.45, 2.75) is 0 Å². The SMILES string of the molecule is [Pt+2].[Pt+2].[c-]1c(Oc2[c-]c3c(cc2)c2ccccc2n3-c2ccccn2)c(-c2ccccc2)cc2c3cc(-c4ccccc4)c(Oc4[c-]c5c(cc4)c4ccccc4n5-c4ccccn4)[c-]c3n(-c3ncccn3)c12. The van der Waals surface area contributed by atoms with Crippen molar-refractivity contribution < 1.29 is 51.6 Å². The van der Waals surface area contributed by atoms with E-state index in [0.29, 0.717) is 40.0 Å². The number of benzene rings is 8. The number of pyridine rings is 2. The first kappa shape index (κ1) is 45.6. The number of rotatable bonds is 9. The van der Waals surface area contributed by atoms with Crippen LogP contribution in [0.5, 0.6) is 23.0 Å². The summed E-state index contributed by atoms with van der Waals surface area (Å²) in [6, 6.07) is 78.0. The number of para-hydroxylation sites is 2. The Bertz CT molecular complexity index is 4080. The maximum atomic E-state index is 7.00. The molecule has 0 N–H and O–H groups in total. The van der Waals surface area contributed by atoms with E-state index in [-0.39, 0.29) is 42.1 Å². The van der Waals surface area contributed by atoms with Gasteiger partial charge in [-0.25, -0.2) is 19.9 Å². The Balaban J connectivity index is 0.00000271. The Hall–Kier alpha value is -8.48. The largest absolute Gasteiger partial charge is 2.00 e. The zero-order valence-corrected chi connectivity index (χ0v) is 42.8. The predicted octanol–water partition coefficient (Wildman–Crippen LogP) is 14.7. The van der Waals surface area contributed by atoms with Crippen LogP contribution in [0, 0.1) is 24.3 Å². The van der Waals surface area contributed by atoms with Gasteiger partial charge in [0.25, 0.3) is 0 Å². The minimum absolute atomic E-state index is 0. The van der Waals surface area contributed by atoms with E-state index in [1.807, 2.05) is 102 Å². The van der Waals surface area contributed by atoms with Gasteiger partial charge in [-0.3, -0.25) is 0 Å². The summed E-state index contributed by atoms with van der Waals surface area (Å²) < 4.78 is 20.2. The van der Waals surface area contributed by atoms with Crippen LogP contribution in [0.2, 0.25) is 0 Å². The number of aromatic nitrogens is 7. The second-order valence-corrected chi connectivity index (χ2v) is 17.1. The van der Waals surface area contributed by atoms with Crippen molar-refractivity contribution in [1.82, 2.24) is 33.6 Å². The molecular formula is C62H35N7O2Pt2. The maximum Gasteiger partial charge on any atom is 2.00 e. The zero-order chi connectivity index (χ0) is 46.8. The summed E-state index contributed by atoms with van der Waals surface area (Å²) >= 11 is 0. The Morgan fingerprint density at radius 2 is 0.740 bits per heavy atom. The predicted molar refractivity (Wildman–Crippen MR) is 280 cm³/mol. The zero-order valence-electron chi connectivity index (χ0n) is 38.3. The fourth-order valence-corrected chi connectivity index (χ4v) is 9.88. The Labute approximate surface area is 447 Å². The van der Waals surface area contributed by atoms with E-state index in [2.05, 4.69) is 118 Å². The van der Waals surface area contributed by atoms with Crippen LogP contribution in [0.3, 0.4) is 0 Å². The number of hydrogen-bond acceptors (Lipinski definition) is 6. The summed E-state index contributed by atoms with van der Waals surface area (Å²) in [6.45, 7) is 0. The average molecular weight is 1300 g/mol. The van der Waals surface area contributed by atoms with E-state index < -0.39 is 0 Å². The summed E-state index contributed by atoms with van der Waals surface area (Å²) in [5.74, 6) is 4.07. The first-order chi connectivity index (χ1) is 35.2. The molecule has 0 aliphatic heterocycles. The van der Waals surface area contributed by atoms with Crippen LogP contribution in [0.1, 0.15) is 0 Å². The minimum Gasteiger partial charge on any atom is -0.509 e. The smallest absolute Gasteiger partial charge is 0.509 e. The number of fused-ring (bicyclic) bond motifs is 9. The van der Waals surface area contributed by atoms with E-state index in [1.54, 1.807) is 30.9 Å². The molecule has 0 unspecified atom stereocenters. The summed E-state index contributed by atoms with van der Waals surface area (Å²) in [4.78, 5) is 19.1. The van der Waals surface area contributed by atoms with Crippen LogP contribution >= 0.6 is 0 Å². The summed E-state index contributed by atoms with van der Waals surface area (Å²) in [7, 11) is 0. The van der Waals surface area contributed by atoms with E-state index >= 15 is 0 Å². The molecule has 0 atom stereocenters. The first-order valence-electron chi connectivity index (χ1n) is 23.2. The molecular weight excluding hydrogens is 1260 g/mol. The fraction of sp³-hybridized carbons (Fsp3) is 0. The summed E-state index contributed by atoms with van der Waals surface area (Å²) in [5.41, 5.74) is 8.76. The molecule has 0 fully saturated rings. The fourth-order valence-electron chi connectivity index (χ4n) is 9.88. The Morgan fingerprint density at radius 3 is 1.19 bits per heavy atom. The van der Waals surface area contributed by atoms with E-state index in [9.17, 15) is 0 Å². The van der Waals surface area contributed by atoms with E-state index in [4.69, 9.17) is 29.4 Å². The molecule has 9 nitrogen and oxygen atoms in total. The molecule has 14 aromatic rings. The van der Waals surface area contributed by atoms with Gasteiger partial charge in [0.2, 0.25) is 5.95 Å². The summed E-state index contributed by atoms with van der Waals surface area (Å²) in [5, 5.41) is 6.09. The van der Waals surface area contributed by atoms with E-state index in [0.717, 1.165) is 88.3 Å². The molecule has 8 aromatic carbocycles. The minimum atomic E-state index is 0. The third-order valence-electron chi connectivity index (χ3n) is 13.0. The van der Waals surface area contributed by atoms with Crippen LogP contribution in [0.15, 0.2) is 213 Å². The molecule has 0 saturated carbocycles. The van der Waals surface area contributed by atoms with Crippen LogP contribution in [0.4, 0.5) is 0 Å². The standard InChI is InChI=1S/C62H35N7O2.2Pt/c1-3-16-40(17-4-1)48-36-50-51-37-49(41-18-5-2-6-19-41)59(71-43-27-29-47-45-21-8-10-23-53(45)68(55(47)35-43)61-25-12-14-31-64-61)39-57(51)69(62-65-32-15-33-66-62)56(50)38-58(48)70-42-26-28-46-44-20-7-9-22-52(44)67(54(46)34-42)60-24-11-13-30-63-60;;/h1-33,36-37H;;/q-4;2*+2. The van der Waals surface area contributed by atoms with Crippen LogP contribution in [0.25, 0.3) is 105 Å². The van der Waals surface area contributed by atoms with Gasteiger partial charge < -0.3 is 23.2 Å². The maximum absolute atomic E-state index is 7.00. The molecule has 6 heterocycles. The van der Waals surface area contributed by atoms with Crippen molar-refractivity contribution in [2.24, 2.45) is 0 Å². The van der Waals surface area contributed by atoms with Crippen LogP contribution in [-0.2, 0) is 42.1 Å². The molecule has 350 valence electrons. The van der Waals surface area contributed by atoms with Gasteiger partial charge in [0.15, 0.2) is 0 Å². The number of nitrogens with zero attached hydrogens (tertiary/aromatic N) is 7. The third kappa shape index (κ3) is 7.80. The van der Waals surface area contributed by atoms with Gasteiger partial charge >= 0.3 is 42.1 Å². The van der Waals surface area contributed by atoms with Gasteiger partial charge in [-0.15, -0.1) is 47.2 Å². The molecule has 0 bridgehead atoms. The van der Waals surface area contributed by atoms with Crippen LogP contribution in [-0.4, -0.2) is 33.6 Å². The van der Waals surface area contributed by atoms with E-state index in [1.165, 1.54) is 0 Å². The molecule has 0 spiro atoms. The van der Waals surface area contributed by atoms with Crippen molar-refractivity contribution in [3.8, 4) is 62.8 Å². The van der Waals surface area contributed by atoms with Gasteiger partial charge in [0, 0.05) is 58.8 Å². The number of ether oxygens (including phenoxy) is 2. The van der Waals surface area contributed by atoms with Gasteiger partial charge in [0.05, 0.1) is 0 Å². The first-order valence-corrected chi connectivity index (χ1v) is 23.2. The topological polar surface area (TPSA) is 84.8 Å². The van der Waals surface area contributed by atoms with Crippen molar-refractivity contribution in [1.29, 1.82) is 0 Å².